The van der Waals surface area contributed by atoms with Crippen LogP contribution in [0.4, 0.5) is 13.2 Å². The molecule has 0 aliphatic carbocycles. The summed E-state index contributed by atoms with van der Waals surface area (Å²) < 4.78 is 72.6. The summed E-state index contributed by atoms with van der Waals surface area (Å²) in [6, 6.07) is 14.1. The molecule has 1 aliphatic rings. The number of hydrogen-bond acceptors (Lipinski definition) is 5. The van der Waals surface area contributed by atoms with Gasteiger partial charge in [-0.25, -0.2) is 13.4 Å². The van der Waals surface area contributed by atoms with E-state index in [-0.39, 0.29) is 29.4 Å². The summed E-state index contributed by atoms with van der Waals surface area (Å²) in [5.74, 6) is -1.04. The zero-order valence-corrected chi connectivity index (χ0v) is 20.4. The Morgan fingerprint density at radius 2 is 1.81 bits per heavy atom. The largest absolute Gasteiger partial charge is 0.481 e. The van der Waals surface area contributed by atoms with Crippen molar-refractivity contribution in [2.45, 2.75) is 23.0 Å². The summed E-state index contributed by atoms with van der Waals surface area (Å²) in [7, 11) is -2.57. The van der Waals surface area contributed by atoms with Crippen molar-refractivity contribution >= 4 is 27.5 Å². The molecular weight excluding hydrogens is 519 g/mol. The number of aromatic nitrogens is 1. The van der Waals surface area contributed by atoms with E-state index in [4.69, 9.17) is 16.3 Å². The van der Waals surface area contributed by atoms with E-state index in [1.165, 1.54) is 35.8 Å². The van der Waals surface area contributed by atoms with Crippen LogP contribution in [0.25, 0.3) is 0 Å². The van der Waals surface area contributed by atoms with Gasteiger partial charge in [0.2, 0.25) is 15.9 Å². The fourth-order valence-electron chi connectivity index (χ4n) is 4.11. The second-order valence-corrected chi connectivity index (χ2v) is 10.4. The molecule has 0 radical (unpaired) electrons. The molecule has 0 bridgehead atoms. The van der Waals surface area contributed by atoms with Crippen LogP contribution in [0.5, 0.6) is 5.88 Å². The van der Waals surface area contributed by atoms with Gasteiger partial charge in [0.1, 0.15) is 4.90 Å². The average molecular weight is 540 g/mol. The Hall–Kier alpha value is -3.15. The number of rotatable bonds is 6. The van der Waals surface area contributed by atoms with Crippen molar-refractivity contribution in [3.8, 4) is 5.88 Å². The number of carbonyl (C=O) groups is 1. The number of pyridine rings is 1. The smallest absolute Gasteiger partial charge is 0.417 e. The third-order valence-corrected chi connectivity index (χ3v) is 8.16. The maximum absolute atomic E-state index is 13.3. The highest BCUT2D eigenvalue weighted by Gasteiger charge is 2.41. The molecule has 1 saturated heterocycles. The van der Waals surface area contributed by atoms with Crippen molar-refractivity contribution in [2.75, 3.05) is 20.2 Å². The fraction of sp³-hybridized carbons (Fsp3) is 0.250. The number of halogens is 4. The lowest BCUT2D eigenvalue weighted by molar-refractivity contribution is -0.137. The molecule has 3 aromatic rings. The van der Waals surface area contributed by atoms with Crippen molar-refractivity contribution in [1.82, 2.24) is 14.6 Å². The molecule has 2 aromatic carbocycles. The highest BCUT2D eigenvalue weighted by atomic mass is 35.5. The lowest BCUT2D eigenvalue weighted by Crippen LogP contribution is -2.40. The van der Waals surface area contributed by atoms with Crippen molar-refractivity contribution in [1.29, 1.82) is 0 Å². The van der Waals surface area contributed by atoms with E-state index < -0.39 is 44.7 Å². The van der Waals surface area contributed by atoms with Crippen LogP contribution in [0.15, 0.2) is 71.8 Å². The molecule has 1 aromatic heterocycles. The highest BCUT2D eigenvalue weighted by Crippen LogP contribution is 2.37. The number of alkyl halides is 3. The SMILES string of the molecule is COc1ccc(S(=O)(=O)N2C[C@H](NC(=O)c3cccc(C(F)(F)F)c3Cl)[C@@H](c3ccccc3)C2)cn1. The van der Waals surface area contributed by atoms with Gasteiger partial charge < -0.3 is 10.1 Å². The van der Waals surface area contributed by atoms with Gasteiger partial charge in [-0.2, -0.15) is 17.5 Å². The predicted molar refractivity (Wildman–Crippen MR) is 126 cm³/mol. The summed E-state index contributed by atoms with van der Waals surface area (Å²) in [5.41, 5.74) is -0.707. The molecule has 0 spiro atoms. The van der Waals surface area contributed by atoms with E-state index in [1.54, 1.807) is 30.3 Å². The minimum Gasteiger partial charge on any atom is -0.481 e. The van der Waals surface area contributed by atoms with Gasteiger partial charge in [-0.3, -0.25) is 4.79 Å². The molecule has 0 unspecified atom stereocenters. The molecule has 7 nitrogen and oxygen atoms in total. The molecule has 1 N–H and O–H groups in total. The Balaban J connectivity index is 1.64. The topological polar surface area (TPSA) is 88.6 Å². The normalized spacial score (nSPS) is 18.7. The van der Waals surface area contributed by atoms with E-state index in [2.05, 4.69) is 10.3 Å². The van der Waals surface area contributed by atoms with E-state index in [9.17, 15) is 26.4 Å². The molecule has 190 valence electrons. The average Bonchev–Trinajstić information content (AvgIpc) is 3.28. The molecule has 4 rings (SSSR count). The summed E-state index contributed by atoms with van der Waals surface area (Å²) >= 11 is 5.93. The molecular formula is C24H21ClF3N3O4S. The lowest BCUT2D eigenvalue weighted by atomic mass is 9.94. The van der Waals surface area contributed by atoms with Crippen molar-refractivity contribution in [2.24, 2.45) is 0 Å². The quantitative estimate of drug-likeness (QED) is 0.503. The van der Waals surface area contributed by atoms with Gasteiger partial charge in [0, 0.05) is 25.1 Å². The molecule has 0 saturated carbocycles. The number of ether oxygens (including phenoxy) is 1. The molecule has 1 amide bonds. The second kappa shape index (κ2) is 10.1. The number of nitrogens with zero attached hydrogens (tertiary/aromatic N) is 2. The first-order valence-electron chi connectivity index (χ1n) is 10.7. The Kier molecular flexibility index (Phi) is 7.26. The van der Waals surface area contributed by atoms with Crippen LogP contribution >= 0.6 is 11.6 Å². The number of carbonyl (C=O) groups excluding carboxylic acids is 1. The molecule has 2 heterocycles. The summed E-state index contributed by atoms with van der Waals surface area (Å²) in [5, 5.41) is 1.99. The van der Waals surface area contributed by atoms with Crippen LogP contribution in [0.2, 0.25) is 5.02 Å². The molecule has 2 atom stereocenters. The summed E-state index contributed by atoms with van der Waals surface area (Å²) in [6.07, 6.45) is -3.55. The Bertz CT molecular complexity index is 1350. The first kappa shape index (κ1) is 25.9. The minimum atomic E-state index is -4.73. The number of benzene rings is 2. The predicted octanol–water partition coefficient (Wildman–Crippen LogP) is 4.35. The van der Waals surface area contributed by atoms with E-state index in [0.717, 1.165) is 17.7 Å². The number of methoxy groups -OCH3 is 1. The monoisotopic (exact) mass is 539 g/mol. The Labute approximate surface area is 210 Å². The zero-order chi connectivity index (χ0) is 26.1. The third kappa shape index (κ3) is 5.18. The van der Waals surface area contributed by atoms with Crippen LogP contribution in [0, 0.1) is 0 Å². The Morgan fingerprint density at radius 1 is 1.08 bits per heavy atom. The lowest BCUT2D eigenvalue weighted by Gasteiger charge is -2.21. The number of sulfonamides is 1. The molecule has 12 heteroatoms. The van der Waals surface area contributed by atoms with Gasteiger partial charge >= 0.3 is 6.18 Å². The maximum Gasteiger partial charge on any atom is 0.417 e. The van der Waals surface area contributed by atoms with Gasteiger partial charge in [0.05, 0.1) is 35.5 Å². The number of amides is 1. The number of hydrogen-bond donors (Lipinski definition) is 1. The van der Waals surface area contributed by atoms with Gasteiger partial charge in [-0.1, -0.05) is 48.0 Å². The number of nitrogens with one attached hydrogen (secondary N) is 1. The van der Waals surface area contributed by atoms with Crippen LogP contribution in [0.3, 0.4) is 0 Å². The molecule has 1 aliphatic heterocycles. The minimum absolute atomic E-state index is 0.0413. The van der Waals surface area contributed by atoms with E-state index in [1.807, 2.05) is 0 Å². The molecule has 36 heavy (non-hydrogen) atoms. The van der Waals surface area contributed by atoms with Gasteiger partial charge in [-0.15, -0.1) is 0 Å². The van der Waals surface area contributed by atoms with E-state index in [0.29, 0.717) is 0 Å². The van der Waals surface area contributed by atoms with Gasteiger partial charge in [0.25, 0.3) is 5.91 Å². The zero-order valence-electron chi connectivity index (χ0n) is 18.9. The van der Waals surface area contributed by atoms with Crippen molar-refractivity contribution < 1.29 is 31.1 Å². The fourth-order valence-corrected chi connectivity index (χ4v) is 5.87. The van der Waals surface area contributed by atoms with E-state index >= 15 is 0 Å². The van der Waals surface area contributed by atoms with Crippen LogP contribution in [0.1, 0.15) is 27.4 Å². The summed E-state index contributed by atoms with van der Waals surface area (Å²) in [4.78, 5) is 16.9. The molecule has 1 fully saturated rings. The van der Waals surface area contributed by atoms with Crippen LogP contribution in [-0.2, 0) is 16.2 Å². The van der Waals surface area contributed by atoms with Crippen molar-refractivity contribution in [3.63, 3.8) is 0 Å². The standard InChI is InChI=1S/C24H21ClF3N3O4S/c1-35-21-11-10-16(12-29-21)36(33,34)31-13-18(15-6-3-2-4-7-15)20(14-31)30-23(32)17-8-5-9-19(22(17)25)24(26,27)28/h2-12,18,20H,13-14H2,1H3,(H,30,32)/t18-,20+/m1/s1. The first-order valence-corrected chi connectivity index (χ1v) is 12.6. The van der Waals surface area contributed by atoms with Crippen LogP contribution in [-0.4, -0.2) is 49.9 Å². The third-order valence-electron chi connectivity index (χ3n) is 5.94. The maximum atomic E-state index is 13.3. The van der Waals surface area contributed by atoms with Crippen LogP contribution < -0.4 is 10.1 Å². The van der Waals surface area contributed by atoms with Gasteiger partial charge in [-0.05, 0) is 23.8 Å². The highest BCUT2D eigenvalue weighted by molar-refractivity contribution is 7.89. The van der Waals surface area contributed by atoms with Crippen molar-refractivity contribution in [3.05, 3.63) is 88.6 Å². The second-order valence-electron chi connectivity index (χ2n) is 8.12. The Morgan fingerprint density at radius 3 is 2.42 bits per heavy atom. The van der Waals surface area contributed by atoms with Gasteiger partial charge in [0.15, 0.2) is 0 Å². The first-order chi connectivity index (χ1) is 17.0. The summed E-state index contributed by atoms with van der Waals surface area (Å²) in [6.45, 7) is -0.0596.